The smallest absolute Gasteiger partial charge is 0.156 e. The lowest BCUT2D eigenvalue weighted by Gasteiger charge is -2.00. The van der Waals surface area contributed by atoms with Crippen LogP contribution in [0.1, 0.15) is 54.6 Å². The maximum Gasteiger partial charge on any atom is 0.156 e. The molecule has 0 radical (unpaired) electrons. The lowest BCUT2D eigenvalue weighted by molar-refractivity contribution is 0.593. The predicted octanol–water partition coefficient (Wildman–Crippen LogP) is 2.45. The second-order valence-electron chi connectivity index (χ2n) is 5.06. The first-order valence-corrected chi connectivity index (χ1v) is 9.59. The van der Waals surface area contributed by atoms with Gasteiger partial charge in [0.2, 0.25) is 0 Å². The van der Waals surface area contributed by atoms with Gasteiger partial charge in [-0.15, -0.1) is 11.3 Å². The van der Waals surface area contributed by atoms with E-state index >= 15 is 0 Å². The Bertz CT molecular complexity index is 519. The van der Waals surface area contributed by atoms with Crippen LogP contribution in [-0.2, 0) is 22.1 Å². The number of thiazole rings is 1. The normalized spacial score (nSPS) is 15.9. The van der Waals surface area contributed by atoms with Crippen LogP contribution >= 0.6 is 11.3 Å². The van der Waals surface area contributed by atoms with Gasteiger partial charge in [-0.05, 0) is 25.8 Å². The van der Waals surface area contributed by atoms with E-state index in [0.29, 0.717) is 12.3 Å². The topological polar surface area (TPSA) is 59.1 Å². The van der Waals surface area contributed by atoms with Crippen LogP contribution in [0.3, 0.4) is 0 Å². The zero-order valence-electron chi connectivity index (χ0n) is 11.6. The molecule has 0 unspecified atom stereocenters. The first-order chi connectivity index (χ1) is 9.05. The van der Waals surface area contributed by atoms with Crippen molar-refractivity contribution in [3.63, 3.8) is 0 Å². The second kappa shape index (κ2) is 6.33. The van der Waals surface area contributed by atoms with Crippen molar-refractivity contribution in [3.8, 4) is 0 Å². The minimum absolute atomic E-state index is 0.108. The molecule has 1 fully saturated rings. The molecule has 1 aliphatic carbocycles. The fourth-order valence-corrected chi connectivity index (χ4v) is 4.99. The van der Waals surface area contributed by atoms with E-state index in [2.05, 4.69) is 17.2 Å². The lowest BCUT2D eigenvalue weighted by Crippen LogP contribution is -2.11. The monoisotopic (exact) mass is 302 g/mol. The van der Waals surface area contributed by atoms with E-state index in [0.717, 1.165) is 23.8 Å². The molecular weight excluding hydrogens is 280 g/mol. The van der Waals surface area contributed by atoms with Crippen LogP contribution in [0.4, 0.5) is 0 Å². The molecule has 1 heterocycles. The zero-order chi connectivity index (χ0) is 13.9. The summed E-state index contributed by atoms with van der Waals surface area (Å²) in [5.74, 6) is 0.943. The van der Waals surface area contributed by atoms with E-state index in [1.807, 2.05) is 6.92 Å². The average molecular weight is 302 g/mol. The SMILES string of the molecule is CCCS(=O)(=O)Cc1nc(C2CC2)c(CNCC)s1. The number of rotatable bonds is 8. The fourth-order valence-electron chi connectivity index (χ4n) is 2.09. The minimum Gasteiger partial charge on any atom is -0.312 e. The number of sulfone groups is 1. The molecule has 108 valence electrons. The summed E-state index contributed by atoms with van der Waals surface area (Å²) in [7, 11) is -2.99. The summed E-state index contributed by atoms with van der Waals surface area (Å²) >= 11 is 1.57. The molecule has 6 heteroatoms. The molecule has 0 aromatic carbocycles. The van der Waals surface area contributed by atoms with Gasteiger partial charge in [-0.3, -0.25) is 0 Å². The van der Waals surface area contributed by atoms with Gasteiger partial charge in [0.05, 0.1) is 11.4 Å². The van der Waals surface area contributed by atoms with Gasteiger partial charge >= 0.3 is 0 Å². The first-order valence-electron chi connectivity index (χ1n) is 6.95. The maximum atomic E-state index is 11.9. The molecule has 1 saturated carbocycles. The average Bonchev–Trinajstić information content (AvgIpc) is 3.09. The molecule has 19 heavy (non-hydrogen) atoms. The van der Waals surface area contributed by atoms with E-state index in [1.165, 1.54) is 17.7 Å². The summed E-state index contributed by atoms with van der Waals surface area (Å²) in [6.07, 6.45) is 3.07. The predicted molar refractivity (Wildman–Crippen MR) is 79.3 cm³/mol. The van der Waals surface area contributed by atoms with Crippen LogP contribution in [0, 0.1) is 0 Å². The van der Waals surface area contributed by atoms with Gasteiger partial charge in [0.15, 0.2) is 9.84 Å². The highest BCUT2D eigenvalue weighted by molar-refractivity contribution is 7.90. The lowest BCUT2D eigenvalue weighted by atomic mass is 10.2. The van der Waals surface area contributed by atoms with Gasteiger partial charge in [-0.1, -0.05) is 13.8 Å². The van der Waals surface area contributed by atoms with Gasteiger partial charge in [0.25, 0.3) is 0 Å². The van der Waals surface area contributed by atoms with E-state index in [1.54, 1.807) is 11.3 Å². The molecule has 0 saturated heterocycles. The second-order valence-corrected chi connectivity index (χ2v) is 8.41. The summed E-state index contributed by atoms with van der Waals surface area (Å²) in [6, 6.07) is 0. The summed E-state index contributed by atoms with van der Waals surface area (Å²) in [5.41, 5.74) is 1.15. The Morgan fingerprint density at radius 1 is 1.37 bits per heavy atom. The van der Waals surface area contributed by atoms with Crippen molar-refractivity contribution in [2.45, 2.75) is 51.3 Å². The van der Waals surface area contributed by atoms with Crippen molar-refractivity contribution >= 4 is 21.2 Å². The Morgan fingerprint density at radius 2 is 2.11 bits per heavy atom. The molecule has 4 nitrogen and oxygen atoms in total. The molecule has 1 aromatic rings. The highest BCUT2D eigenvalue weighted by Crippen LogP contribution is 2.42. The molecule has 0 aliphatic heterocycles. The molecule has 1 N–H and O–H groups in total. The molecule has 1 aromatic heterocycles. The van der Waals surface area contributed by atoms with Gasteiger partial charge < -0.3 is 5.32 Å². The summed E-state index contributed by atoms with van der Waals surface area (Å²) in [6.45, 7) is 5.70. The number of hydrogen-bond donors (Lipinski definition) is 1. The van der Waals surface area contributed by atoms with Crippen LogP contribution in [0.5, 0.6) is 0 Å². The van der Waals surface area contributed by atoms with Gasteiger partial charge in [-0.25, -0.2) is 13.4 Å². The number of hydrogen-bond acceptors (Lipinski definition) is 5. The highest BCUT2D eigenvalue weighted by atomic mass is 32.2. The Kier molecular flexibility index (Phi) is 4.97. The zero-order valence-corrected chi connectivity index (χ0v) is 13.2. The first kappa shape index (κ1) is 14.9. The summed E-state index contributed by atoms with van der Waals surface area (Å²) in [4.78, 5) is 5.82. The summed E-state index contributed by atoms with van der Waals surface area (Å²) < 4.78 is 23.7. The third kappa shape index (κ3) is 4.26. The third-order valence-corrected chi connectivity index (χ3v) is 6.13. The van der Waals surface area contributed by atoms with Crippen LogP contribution < -0.4 is 5.32 Å². The van der Waals surface area contributed by atoms with Crippen LogP contribution in [0.2, 0.25) is 0 Å². The van der Waals surface area contributed by atoms with Gasteiger partial charge in [0, 0.05) is 17.3 Å². The van der Waals surface area contributed by atoms with Gasteiger partial charge in [0.1, 0.15) is 10.8 Å². The van der Waals surface area contributed by atoms with Crippen LogP contribution in [-0.4, -0.2) is 25.7 Å². The molecule has 0 bridgehead atoms. The molecule has 0 atom stereocenters. The van der Waals surface area contributed by atoms with Gasteiger partial charge in [-0.2, -0.15) is 0 Å². The van der Waals surface area contributed by atoms with E-state index in [9.17, 15) is 8.42 Å². The third-order valence-electron chi connectivity index (χ3n) is 3.13. The largest absolute Gasteiger partial charge is 0.312 e. The maximum absolute atomic E-state index is 11.9. The van der Waals surface area contributed by atoms with Crippen molar-refractivity contribution in [2.24, 2.45) is 0 Å². The van der Waals surface area contributed by atoms with E-state index in [4.69, 9.17) is 0 Å². The molecule has 0 amide bonds. The standard InChI is InChI=1S/C13H22N2O2S2/c1-3-7-19(16,17)9-12-15-13(10-5-6-10)11(18-12)8-14-4-2/h10,14H,3-9H2,1-2H3. The van der Waals surface area contributed by atoms with E-state index < -0.39 is 9.84 Å². The van der Waals surface area contributed by atoms with Crippen LogP contribution in [0.15, 0.2) is 0 Å². The molecule has 2 rings (SSSR count). The summed E-state index contributed by atoms with van der Waals surface area (Å²) in [5, 5.41) is 4.08. The quantitative estimate of drug-likeness (QED) is 0.801. The Hall–Kier alpha value is -0.460. The van der Waals surface area contributed by atoms with Crippen molar-refractivity contribution in [1.82, 2.24) is 10.3 Å². The Labute approximate surface area is 119 Å². The van der Waals surface area contributed by atoms with E-state index in [-0.39, 0.29) is 11.5 Å². The Morgan fingerprint density at radius 3 is 2.68 bits per heavy atom. The van der Waals surface area contributed by atoms with Crippen LogP contribution in [0.25, 0.3) is 0 Å². The minimum atomic E-state index is -2.99. The molecule has 0 spiro atoms. The fraction of sp³-hybridized carbons (Fsp3) is 0.769. The molecule has 1 aliphatic rings. The molecular formula is C13H22N2O2S2. The highest BCUT2D eigenvalue weighted by Gasteiger charge is 2.30. The number of nitrogens with one attached hydrogen (secondary N) is 1. The van der Waals surface area contributed by atoms with Crippen molar-refractivity contribution < 1.29 is 8.42 Å². The van der Waals surface area contributed by atoms with Crippen molar-refractivity contribution in [1.29, 1.82) is 0 Å². The number of nitrogens with zero attached hydrogens (tertiary/aromatic N) is 1. The number of aromatic nitrogens is 1. The van der Waals surface area contributed by atoms with Crippen molar-refractivity contribution in [2.75, 3.05) is 12.3 Å². The van der Waals surface area contributed by atoms with Crippen molar-refractivity contribution in [3.05, 3.63) is 15.6 Å². The Balaban J connectivity index is 2.13.